The Morgan fingerprint density at radius 2 is 1.81 bits per heavy atom. The van der Waals surface area contributed by atoms with E-state index in [2.05, 4.69) is 10.6 Å². The molecule has 3 nitrogen and oxygen atoms in total. The van der Waals surface area contributed by atoms with Crippen molar-refractivity contribution in [1.29, 1.82) is 0 Å². The van der Waals surface area contributed by atoms with Crippen molar-refractivity contribution in [2.75, 3.05) is 5.32 Å². The fraction of sp³-hybridized carbons (Fsp3) is 0.0625. The minimum Gasteiger partial charge on any atom is -0.314 e. The third-order valence-electron chi connectivity index (χ3n) is 2.77. The van der Waals surface area contributed by atoms with Crippen LogP contribution < -0.4 is 10.6 Å². The van der Waals surface area contributed by atoms with Gasteiger partial charge in [-0.2, -0.15) is 0 Å². The molecule has 0 saturated heterocycles. The highest BCUT2D eigenvalue weighted by atomic mass is 35.5. The Kier molecular flexibility index (Phi) is 5.26. The van der Waals surface area contributed by atoms with Crippen LogP contribution in [-0.2, 0) is 0 Å². The highest BCUT2D eigenvalue weighted by molar-refractivity contribution is 6.43. The van der Waals surface area contributed by atoms with Gasteiger partial charge >= 0.3 is 6.03 Å². The van der Waals surface area contributed by atoms with Gasteiger partial charge in [0.05, 0.1) is 15.7 Å². The number of benzene rings is 2. The number of nitrogens with one attached hydrogen (secondary N) is 2. The number of aryl methyl sites for hydroxylation is 1. The van der Waals surface area contributed by atoms with Crippen LogP contribution in [0.2, 0.25) is 10.0 Å². The van der Waals surface area contributed by atoms with Crippen molar-refractivity contribution in [1.82, 2.24) is 5.32 Å². The van der Waals surface area contributed by atoms with Gasteiger partial charge in [-0.1, -0.05) is 59.1 Å². The van der Waals surface area contributed by atoms with Crippen LogP contribution in [0.15, 0.2) is 48.7 Å². The Morgan fingerprint density at radius 3 is 2.52 bits per heavy atom. The summed E-state index contributed by atoms with van der Waals surface area (Å²) in [4.78, 5) is 11.7. The second kappa shape index (κ2) is 7.16. The van der Waals surface area contributed by atoms with E-state index in [1.807, 2.05) is 31.2 Å². The molecule has 0 atom stereocenters. The lowest BCUT2D eigenvalue weighted by Gasteiger charge is -2.07. The van der Waals surface area contributed by atoms with Gasteiger partial charge in [-0.05, 0) is 30.7 Å². The van der Waals surface area contributed by atoms with E-state index in [9.17, 15) is 4.79 Å². The van der Waals surface area contributed by atoms with Crippen molar-refractivity contribution < 1.29 is 4.79 Å². The van der Waals surface area contributed by atoms with Crippen molar-refractivity contribution in [3.8, 4) is 0 Å². The Labute approximate surface area is 133 Å². The number of anilines is 1. The third kappa shape index (κ3) is 4.52. The van der Waals surface area contributed by atoms with E-state index in [4.69, 9.17) is 23.2 Å². The number of hydrogen-bond acceptors (Lipinski definition) is 1. The molecule has 5 heteroatoms. The van der Waals surface area contributed by atoms with E-state index in [0.29, 0.717) is 15.7 Å². The fourth-order valence-corrected chi connectivity index (χ4v) is 2.00. The molecule has 0 heterocycles. The van der Waals surface area contributed by atoms with Gasteiger partial charge in [0.1, 0.15) is 0 Å². The number of amides is 2. The minimum atomic E-state index is -0.387. The van der Waals surface area contributed by atoms with Crippen LogP contribution in [0.25, 0.3) is 6.08 Å². The van der Waals surface area contributed by atoms with Crippen molar-refractivity contribution >= 4 is 41.0 Å². The summed E-state index contributed by atoms with van der Waals surface area (Å²) in [5, 5.41) is 5.95. The van der Waals surface area contributed by atoms with E-state index in [-0.39, 0.29) is 6.03 Å². The first kappa shape index (κ1) is 15.4. The predicted molar refractivity (Wildman–Crippen MR) is 88.8 cm³/mol. The lowest BCUT2D eigenvalue weighted by Crippen LogP contribution is -2.23. The Balaban J connectivity index is 1.93. The SMILES string of the molecule is Cc1ccc(/C=C/NC(=O)Nc2cccc(Cl)c2Cl)cc1. The Morgan fingerprint density at radius 1 is 1.10 bits per heavy atom. The van der Waals surface area contributed by atoms with Gasteiger partial charge in [0, 0.05) is 6.20 Å². The topological polar surface area (TPSA) is 41.1 Å². The maximum Gasteiger partial charge on any atom is 0.323 e. The second-order valence-electron chi connectivity index (χ2n) is 4.44. The van der Waals surface area contributed by atoms with Gasteiger partial charge < -0.3 is 10.6 Å². The zero-order valence-corrected chi connectivity index (χ0v) is 12.9. The van der Waals surface area contributed by atoms with Crippen molar-refractivity contribution in [2.24, 2.45) is 0 Å². The van der Waals surface area contributed by atoms with Crippen LogP contribution in [-0.4, -0.2) is 6.03 Å². The van der Waals surface area contributed by atoms with Gasteiger partial charge in [-0.25, -0.2) is 4.79 Å². The first-order valence-electron chi connectivity index (χ1n) is 6.31. The average Bonchev–Trinajstić information content (AvgIpc) is 2.46. The number of carbonyl (C=O) groups excluding carboxylic acids is 1. The molecule has 0 fully saturated rings. The summed E-state index contributed by atoms with van der Waals surface area (Å²) >= 11 is 11.9. The summed E-state index contributed by atoms with van der Waals surface area (Å²) in [6, 6.07) is 12.6. The molecule has 2 amide bonds. The number of carbonyl (C=O) groups is 1. The summed E-state index contributed by atoms with van der Waals surface area (Å²) in [6.45, 7) is 2.02. The van der Waals surface area contributed by atoms with Crippen LogP contribution in [0.4, 0.5) is 10.5 Å². The molecule has 0 aliphatic heterocycles. The van der Waals surface area contributed by atoms with Crippen molar-refractivity contribution in [3.05, 3.63) is 69.8 Å². The molecule has 21 heavy (non-hydrogen) atoms. The summed E-state index contributed by atoms with van der Waals surface area (Å²) in [7, 11) is 0. The average molecular weight is 321 g/mol. The highest BCUT2D eigenvalue weighted by Crippen LogP contribution is 2.29. The van der Waals surface area contributed by atoms with Crippen LogP contribution >= 0.6 is 23.2 Å². The maximum absolute atomic E-state index is 11.7. The molecule has 0 spiro atoms. The van der Waals surface area contributed by atoms with E-state index >= 15 is 0 Å². The molecule has 0 aliphatic rings. The predicted octanol–water partition coefficient (Wildman–Crippen LogP) is 5.09. The molecule has 0 aliphatic carbocycles. The van der Waals surface area contributed by atoms with Crippen molar-refractivity contribution in [2.45, 2.75) is 6.92 Å². The van der Waals surface area contributed by atoms with Crippen LogP contribution in [0, 0.1) is 6.92 Å². The van der Waals surface area contributed by atoms with Crippen molar-refractivity contribution in [3.63, 3.8) is 0 Å². The Hall–Kier alpha value is -1.97. The van der Waals surface area contributed by atoms with Gasteiger partial charge in [-0.3, -0.25) is 0 Å². The summed E-state index contributed by atoms with van der Waals surface area (Å²) in [5.74, 6) is 0. The van der Waals surface area contributed by atoms with Gasteiger partial charge in [0.25, 0.3) is 0 Å². The molecule has 2 aromatic rings. The number of hydrogen-bond donors (Lipinski definition) is 2. The standard InChI is InChI=1S/C16H14Cl2N2O/c1-11-5-7-12(8-6-11)9-10-19-16(21)20-14-4-2-3-13(17)15(14)18/h2-10H,1H3,(H2,19,20,21)/b10-9+. The number of urea groups is 1. The molecule has 0 unspecified atom stereocenters. The summed E-state index contributed by atoms with van der Waals surface area (Å²) < 4.78 is 0. The summed E-state index contributed by atoms with van der Waals surface area (Å²) in [5.41, 5.74) is 2.65. The van der Waals surface area contributed by atoms with Crippen LogP contribution in [0.1, 0.15) is 11.1 Å². The smallest absolute Gasteiger partial charge is 0.314 e. The second-order valence-corrected chi connectivity index (χ2v) is 5.23. The zero-order chi connectivity index (χ0) is 15.2. The molecule has 0 aromatic heterocycles. The Bertz CT molecular complexity index is 666. The molecule has 0 saturated carbocycles. The monoisotopic (exact) mass is 320 g/mol. The lowest BCUT2D eigenvalue weighted by molar-refractivity contribution is 0.255. The molecule has 2 N–H and O–H groups in total. The fourth-order valence-electron chi connectivity index (χ4n) is 1.65. The molecule has 2 aromatic carbocycles. The van der Waals surface area contributed by atoms with E-state index in [1.165, 1.54) is 5.56 Å². The molecule has 0 radical (unpaired) electrons. The van der Waals surface area contributed by atoms with Crippen LogP contribution in [0.3, 0.4) is 0 Å². The molecular formula is C16H14Cl2N2O. The van der Waals surface area contributed by atoms with Gasteiger partial charge in [0.2, 0.25) is 0 Å². The largest absolute Gasteiger partial charge is 0.323 e. The third-order valence-corrected chi connectivity index (χ3v) is 3.59. The van der Waals surface area contributed by atoms with Gasteiger partial charge in [0.15, 0.2) is 0 Å². The number of rotatable bonds is 3. The van der Waals surface area contributed by atoms with E-state index in [0.717, 1.165) is 5.56 Å². The molecule has 2 rings (SSSR count). The normalized spacial score (nSPS) is 10.6. The summed E-state index contributed by atoms with van der Waals surface area (Å²) in [6.07, 6.45) is 3.37. The van der Waals surface area contributed by atoms with E-state index in [1.54, 1.807) is 30.5 Å². The van der Waals surface area contributed by atoms with Gasteiger partial charge in [-0.15, -0.1) is 0 Å². The van der Waals surface area contributed by atoms with Crippen LogP contribution in [0.5, 0.6) is 0 Å². The molecule has 0 bridgehead atoms. The number of halogens is 2. The first-order chi connectivity index (χ1) is 10.1. The lowest BCUT2D eigenvalue weighted by atomic mass is 10.1. The minimum absolute atomic E-state index is 0.317. The van der Waals surface area contributed by atoms with E-state index < -0.39 is 0 Å². The first-order valence-corrected chi connectivity index (χ1v) is 7.06. The molecule has 108 valence electrons. The maximum atomic E-state index is 11.7. The highest BCUT2D eigenvalue weighted by Gasteiger charge is 2.06. The molecular weight excluding hydrogens is 307 g/mol. The zero-order valence-electron chi connectivity index (χ0n) is 11.4. The quantitative estimate of drug-likeness (QED) is 0.812.